The van der Waals surface area contributed by atoms with E-state index in [1.165, 1.54) is 0 Å². The third kappa shape index (κ3) is 2.92. The molecule has 0 aliphatic rings. The standard InChI is InChI=1S/C10H12ClN3O2S2/c1-18(15,16)12-5-6-14-8-4-2-3-7(11)9(8)13-10(14)17/h2-4,12H,5-6H2,1H3,(H,13,17). The number of aromatic nitrogens is 2. The van der Waals surface area contributed by atoms with Gasteiger partial charge in [-0.05, 0) is 24.4 Å². The van der Waals surface area contributed by atoms with Gasteiger partial charge < -0.3 is 9.55 Å². The molecule has 0 amide bonds. The fourth-order valence-electron chi connectivity index (χ4n) is 1.71. The number of sulfonamides is 1. The predicted molar refractivity (Wildman–Crippen MR) is 75.0 cm³/mol. The van der Waals surface area contributed by atoms with Crippen LogP contribution in [0.1, 0.15) is 0 Å². The van der Waals surface area contributed by atoms with E-state index >= 15 is 0 Å². The Bertz CT molecular complexity index is 733. The third-order valence-electron chi connectivity index (χ3n) is 2.46. The van der Waals surface area contributed by atoms with Crippen LogP contribution in [0.15, 0.2) is 18.2 Å². The van der Waals surface area contributed by atoms with E-state index in [1.54, 1.807) is 6.07 Å². The van der Waals surface area contributed by atoms with Crippen molar-refractivity contribution in [3.05, 3.63) is 28.0 Å². The Morgan fingerprint density at radius 1 is 1.50 bits per heavy atom. The van der Waals surface area contributed by atoms with Gasteiger partial charge in [-0.15, -0.1) is 0 Å². The van der Waals surface area contributed by atoms with E-state index in [0.717, 1.165) is 17.3 Å². The van der Waals surface area contributed by atoms with Crippen LogP contribution < -0.4 is 4.72 Å². The lowest BCUT2D eigenvalue weighted by atomic mass is 10.3. The van der Waals surface area contributed by atoms with Gasteiger partial charge in [-0.25, -0.2) is 13.1 Å². The van der Waals surface area contributed by atoms with Crippen LogP contribution in [0, 0.1) is 4.77 Å². The van der Waals surface area contributed by atoms with Crippen molar-refractivity contribution in [2.45, 2.75) is 6.54 Å². The Labute approximate surface area is 115 Å². The summed E-state index contributed by atoms with van der Waals surface area (Å²) in [7, 11) is -3.19. The number of hydrogen-bond donors (Lipinski definition) is 2. The molecular formula is C10H12ClN3O2S2. The number of H-pyrrole nitrogens is 1. The molecule has 18 heavy (non-hydrogen) atoms. The predicted octanol–water partition coefficient (Wildman–Crippen LogP) is 1.90. The molecule has 1 aromatic heterocycles. The minimum absolute atomic E-state index is 0.284. The first kappa shape index (κ1) is 13.5. The van der Waals surface area contributed by atoms with Gasteiger partial charge >= 0.3 is 0 Å². The summed E-state index contributed by atoms with van der Waals surface area (Å²) in [6, 6.07) is 5.48. The summed E-state index contributed by atoms with van der Waals surface area (Å²) >= 11 is 11.2. The van der Waals surface area contributed by atoms with Crippen molar-refractivity contribution in [1.82, 2.24) is 14.3 Å². The number of nitrogens with zero attached hydrogens (tertiary/aromatic N) is 1. The van der Waals surface area contributed by atoms with Crippen molar-refractivity contribution in [2.75, 3.05) is 12.8 Å². The van der Waals surface area contributed by atoms with Crippen molar-refractivity contribution in [1.29, 1.82) is 0 Å². The van der Waals surface area contributed by atoms with E-state index in [2.05, 4.69) is 9.71 Å². The van der Waals surface area contributed by atoms with Gasteiger partial charge in [0.15, 0.2) is 4.77 Å². The molecule has 5 nitrogen and oxygen atoms in total. The molecule has 2 N–H and O–H groups in total. The summed E-state index contributed by atoms with van der Waals surface area (Å²) in [4.78, 5) is 3.01. The SMILES string of the molecule is CS(=O)(=O)NCCn1c(=S)[nH]c2c(Cl)cccc21. The molecule has 98 valence electrons. The molecule has 0 aliphatic carbocycles. The highest BCUT2D eigenvalue weighted by molar-refractivity contribution is 7.88. The minimum atomic E-state index is -3.19. The number of benzene rings is 1. The molecule has 0 saturated carbocycles. The summed E-state index contributed by atoms with van der Waals surface area (Å²) in [5.74, 6) is 0. The Morgan fingerprint density at radius 2 is 2.22 bits per heavy atom. The van der Waals surface area contributed by atoms with Gasteiger partial charge in [-0.2, -0.15) is 0 Å². The van der Waals surface area contributed by atoms with Crippen LogP contribution in [0.5, 0.6) is 0 Å². The second-order valence-corrected chi connectivity index (χ2v) is 6.51. The Kier molecular flexibility index (Phi) is 3.76. The van der Waals surface area contributed by atoms with E-state index in [9.17, 15) is 8.42 Å². The van der Waals surface area contributed by atoms with Crippen LogP contribution in [-0.4, -0.2) is 30.8 Å². The van der Waals surface area contributed by atoms with Gasteiger partial charge in [0.05, 0.1) is 22.3 Å². The number of nitrogens with one attached hydrogen (secondary N) is 2. The van der Waals surface area contributed by atoms with Crippen molar-refractivity contribution >= 4 is 44.9 Å². The van der Waals surface area contributed by atoms with Crippen molar-refractivity contribution in [2.24, 2.45) is 0 Å². The monoisotopic (exact) mass is 305 g/mol. The second kappa shape index (κ2) is 5.00. The van der Waals surface area contributed by atoms with Crippen molar-refractivity contribution < 1.29 is 8.42 Å². The van der Waals surface area contributed by atoms with E-state index in [1.807, 2.05) is 16.7 Å². The maximum absolute atomic E-state index is 11.0. The molecule has 8 heteroatoms. The Morgan fingerprint density at radius 3 is 2.89 bits per heavy atom. The van der Waals surface area contributed by atoms with Crippen LogP contribution in [-0.2, 0) is 16.6 Å². The van der Waals surface area contributed by atoms with Gasteiger partial charge in [0.2, 0.25) is 10.0 Å². The fraction of sp³-hybridized carbons (Fsp3) is 0.300. The highest BCUT2D eigenvalue weighted by Gasteiger charge is 2.07. The number of hydrogen-bond acceptors (Lipinski definition) is 3. The molecule has 0 aliphatic heterocycles. The summed E-state index contributed by atoms with van der Waals surface area (Å²) in [6.45, 7) is 0.735. The summed E-state index contributed by atoms with van der Waals surface area (Å²) < 4.78 is 26.7. The molecular weight excluding hydrogens is 294 g/mol. The summed E-state index contributed by atoms with van der Waals surface area (Å²) in [5.41, 5.74) is 1.63. The molecule has 0 bridgehead atoms. The maximum Gasteiger partial charge on any atom is 0.208 e. The molecule has 1 aromatic carbocycles. The van der Waals surface area contributed by atoms with Gasteiger partial charge in [0, 0.05) is 13.1 Å². The molecule has 2 rings (SSSR count). The van der Waals surface area contributed by atoms with Gasteiger partial charge in [-0.3, -0.25) is 0 Å². The average Bonchev–Trinajstić information content (AvgIpc) is 2.56. The zero-order chi connectivity index (χ0) is 13.3. The van der Waals surface area contributed by atoms with E-state index in [0.29, 0.717) is 16.3 Å². The number of aromatic amines is 1. The molecule has 2 aromatic rings. The summed E-state index contributed by atoms with van der Waals surface area (Å²) in [6.07, 6.45) is 1.12. The van der Waals surface area contributed by atoms with E-state index in [-0.39, 0.29) is 6.54 Å². The van der Waals surface area contributed by atoms with Crippen molar-refractivity contribution in [3.63, 3.8) is 0 Å². The highest BCUT2D eigenvalue weighted by atomic mass is 35.5. The van der Waals surface area contributed by atoms with Crippen LogP contribution in [0.3, 0.4) is 0 Å². The first-order chi connectivity index (χ1) is 8.38. The van der Waals surface area contributed by atoms with Gasteiger partial charge in [0.1, 0.15) is 0 Å². The molecule has 0 radical (unpaired) electrons. The molecule has 0 unspecified atom stereocenters. The molecule has 1 heterocycles. The molecule has 0 saturated heterocycles. The normalized spacial score (nSPS) is 12.1. The minimum Gasteiger partial charge on any atom is -0.329 e. The summed E-state index contributed by atoms with van der Waals surface area (Å²) in [5, 5.41) is 0.591. The van der Waals surface area contributed by atoms with Crippen molar-refractivity contribution in [3.8, 4) is 0 Å². The first-order valence-corrected chi connectivity index (χ1v) is 7.88. The number of imidazole rings is 1. The quantitative estimate of drug-likeness (QED) is 0.848. The molecule has 0 atom stereocenters. The highest BCUT2D eigenvalue weighted by Crippen LogP contribution is 2.22. The fourth-order valence-corrected chi connectivity index (χ4v) is 2.68. The molecule has 0 spiro atoms. The second-order valence-electron chi connectivity index (χ2n) is 3.88. The van der Waals surface area contributed by atoms with E-state index in [4.69, 9.17) is 23.8 Å². The maximum atomic E-state index is 11.0. The van der Waals surface area contributed by atoms with Gasteiger partial charge in [-0.1, -0.05) is 17.7 Å². The zero-order valence-corrected chi connectivity index (χ0v) is 12.0. The smallest absolute Gasteiger partial charge is 0.208 e. The topological polar surface area (TPSA) is 66.9 Å². The number of para-hydroxylation sites is 1. The van der Waals surface area contributed by atoms with Crippen LogP contribution in [0.4, 0.5) is 0 Å². The Balaban J connectivity index is 2.31. The first-order valence-electron chi connectivity index (χ1n) is 5.20. The average molecular weight is 306 g/mol. The Hall–Kier alpha value is -0.890. The van der Waals surface area contributed by atoms with Crippen LogP contribution >= 0.6 is 23.8 Å². The lowest BCUT2D eigenvalue weighted by molar-refractivity contribution is 0.579. The zero-order valence-electron chi connectivity index (χ0n) is 9.60. The lowest BCUT2D eigenvalue weighted by Crippen LogP contribution is -2.26. The van der Waals surface area contributed by atoms with Crippen LogP contribution in [0.2, 0.25) is 5.02 Å². The number of fused-ring (bicyclic) bond motifs is 1. The van der Waals surface area contributed by atoms with Gasteiger partial charge in [0.25, 0.3) is 0 Å². The number of rotatable bonds is 4. The number of halogens is 1. The molecule has 0 fully saturated rings. The van der Waals surface area contributed by atoms with Crippen LogP contribution in [0.25, 0.3) is 11.0 Å². The lowest BCUT2D eigenvalue weighted by Gasteiger charge is -2.05. The van der Waals surface area contributed by atoms with E-state index < -0.39 is 10.0 Å². The third-order valence-corrected chi connectivity index (χ3v) is 3.83. The largest absolute Gasteiger partial charge is 0.329 e.